The molecule has 0 aliphatic carbocycles. The Bertz CT molecular complexity index is 1200. The third-order valence-electron chi connectivity index (χ3n) is 6.07. The van der Waals surface area contributed by atoms with E-state index in [4.69, 9.17) is 12.2 Å². The normalized spacial score (nSPS) is 18.4. The van der Waals surface area contributed by atoms with Crippen LogP contribution in [-0.4, -0.2) is 29.4 Å². The minimum absolute atomic E-state index is 0.00339. The fourth-order valence-electron chi connectivity index (χ4n) is 4.34. The molecule has 2 atom stereocenters. The van der Waals surface area contributed by atoms with Gasteiger partial charge >= 0.3 is 0 Å². The van der Waals surface area contributed by atoms with Gasteiger partial charge in [0.1, 0.15) is 10.5 Å². The lowest BCUT2D eigenvalue weighted by molar-refractivity contribution is -0.119. The van der Waals surface area contributed by atoms with Crippen LogP contribution in [0.15, 0.2) is 48.7 Å². The lowest BCUT2D eigenvalue weighted by Gasteiger charge is -2.38. The topological polar surface area (TPSA) is 48.1 Å². The molecule has 2 heterocycles. The number of benzene rings is 2. The monoisotopic (exact) mass is 457 g/mol. The number of nitrogens with zero attached hydrogens (tertiary/aromatic N) is 1. The number of carbonyl (C=O) groups is 1. The SMILES string of the molecule is Cc1c(Nc2cccc(F)c2F)c(C2CN(C=O)CCC2c2ccc(F)cc2)c[nH]c1=S. The molecule has 1 aliphatic rings. The number of aromatic amines is 1. The maximum absolute atomic E-state index is 14.4. The van der Waals surface area contributed by atoms with Crippen molar-refractivity contribution in [3.05, 3.63) is 87.4 Å². The van der Waals surface area contributed by atoms with Gasteiger partial charge in [-0.3, -0.25) is 4.79 Å². The molecule has 0 bridgehead atoms. The molecule has 2 unspecified atom stereocenters. The van der Waals surface area contributed by atoms with E-state index in [0.29, 0.717) is 35.4 Å². The quantitative estimate of drug-likeness (QED) is 0.368. The molecule has 2 N–H and O–H groups in total. The fraction of sp³-hybridized carbons (Fsp3) is 0.250. The van der Waals surface area contributed by atoms with Gasteiger partial charge in [0, 0.05) is 36.5 Å². The van der Waals surface area contributed by atoms with Crippen LogP contribution in [0.25, 0.3) is 0 Å². The number of nitrogens with one attached hydrogen (secondary N) is 2. The van der Waals surface area contributed by atoms with Crippen LogP contribution in [0.3, 0.4) is 0 Å². The minimum Gasteiger partial charge on any atom is -0.352 e. The average Bonchev–Trinajstić information content (AvgIpc) is 2.80. The number of halogens is 3. The minimum atomic E-state index is -0.982. The Morgan fingerprint density at radius 3 is 2.59 bits per heavy atom. The third kappa shape index (κ3) is 4.27. The lowest BCUT2D eigenvalue weighted by Crippen LogP contribution is -2.37. The molecular weight excluding hydrogens is 435 g/mol. The van der Waals surface area contributed by atoms with Crippen molar-refractivity contribution in [1.82, 2.24) is 9.88 Å². The summed E-state index contributed by atoms with van der Waals surface area (Å²) in [6, 6.07) is 10.3. The van der Waals surface area contributed by atoms with E-state index in [2.05, 4.69) is 10.3 Å². The van der Waals surface area contributed by atoms with Crippen molar-refractivity contribution in [2.75, 3.05) is 18.4 Å². The van der Waals surface area contributed by atoms with Crippen molar-refractivity contribution in [1.29, 1.82) is 0 Å². The Labute approximate surface area is 189 Å². The molecule has 1 amide bonds. The lowest BCUT2D eigenvalue weighted by atomic mass is 9.76. The van der Waals surface area contributed by atoms with Crippen LogP contribution < -0.4 is 5.32 Å². The van der Waals surface area contributed by atoms with E-state index in [-0.39, 0.29) is 23.3 Å². The van der Waals surface area contributed by atoms with Crippen LogP contribution in [0.2, 0.25) is 0 Å². The zero-order chi connectivity index (χ0) is 22.8. The largest absolute Gasteiger partial charge is 0.352 e. The molecule has 0 spiro atoms. The molecule has 0 radical (unpaired) electrons. The Hall–Kier alpha value is -3.13. The molecule has 32 heavy (non-hydrogen) atoms. The van der Waals surface area contributed by atoms with Gasteiger partial charge in [-0.15, -0.1) is 0 Å². The number of hydrogen-bond acceptors (Lipinski definition) is 3. The van der Waals surface area contributed by atoms with Crippen LogP contribution in [0.4, 0.5) is 24.5 Å². The smallest absolute Gasteiger partial charge is 0.209 e. The highest BCUT2D eigenvalue weighted by atomic mass is 32.1. The summed E-state index contributed by atoms with van der Waals surface area (Å²) in [7, 11) is 0. The van der Waals surface area contributed by atoms with Crippen molar-refractivity contribution >= 4 is 30.0 Å². The van der Waals surface area contributed by atoms with Gasteiger partial charge in [-0.25, -0.2) is 13.2 Å². The third-order valence-corrected chi connectivity index (χ3v) is 6.49. The van der Waals surface area contributed by atoms with Crippen molar-refractivity contribution in [3.8, 4) is 0 Å². The van der Waals surface area contributed by atoms with E-state index in [1.165, 1.54) is 24.3 Å². The van der Waals surface area contributed by atoms with Crippen molar-refractivity contribution in [3.63, 3.8) is 0 Å². The molecule has 4 nitrogen and oxygen atoms in total. The second-order valence-electron chi connectivity index (χ2n) is 7.95. The summed E-state index contributed by atoms with van der Waals surface area (Å²) < 4.78 is 42.2. The van der Waals surface area contributed by atoms with Gasteiger partial charge in [-0.2, -0.15) is 0 Å². The molecule has 8 heteroatoms. The molecular formula is C24H22F3N3OS. The van der Waals surface area contributed by atoms with E-state index in [1.807, 2.05) is 0 Å². The first-order valence-corrected chi connectivity index (χ1v) is 10.7. The fourth-order valence-corrected chi connectivity index (χ4v) is 4.51. The number of piperidine rings is 1. The van der Waals surface area contributed by atoms with Crippen molar-refractivity contribution < 1.29 is 18.0 Å². The van der Waals surface area contributed by atoms with Crippen LogP contribution in [0.5, 0.6) is 0 Å². The number of H-pyrrole nitrogens is 1. The molecule has 4 rings (SSSR count). The summed E-state index contributed by atoms with van der Waals surface area (Å²) in [4.78, 5) is 16.3. The van der Waals surface area contributed by atoms with Gasteiger partial charge in [-0.1, -0.05) is 30.4 Å². The summed E-state index contributed by atoms with van der Waals surface area (Å²) in [6.45, 7) is 2.80. The molecule has 1 saturated heterocycles. The zero-order valence-corrected chi connectivity index (χ0v) is 18.2. The number of carbonyl (C=O) groups excluding carboxylic acids is 1. The molecule has 1 aromatic heterocycles. The van der Waals surface area contributed by atoms with Gasteiger partial charge in [0.15, 0.2) is 11.6 Å². The van der Waals surface area contributed by atoms with E-state index in [0.717, 1.165) is 23.6 Å². The molecule has 0 saturated carbocycles. The maximum Gasteiger partial charge on any atom is 0.209 e. The summed E-state index contributed by atoms with van der Waals surface area (Å²) in [5.74, 6) is -2.44. The first kappa shape index (κ1) is 22.1. The van der Waals surface area contributed by atoms with Gasteiger partial charge in [0.2, 0.25) is 6.41 Å². The summed E-state index contributed by atoms with van der Waals surface area (Å²) >= 11 is 5.39. The standard InChI is InChI=1S/C24H22F3N3OS/c1-14-23(29-21-4-2-3-20(26)22(21)27)18(11-28-24(14)32)19-12-30(13-31)10-9-17(19)15-5-7-16(25)8-6-15/h2-8,11,13,17,19H,9-10,12H2,1H3,(H2,28,29,32). The number of hydrogen-bond donors (Lipinski definition) is 2. The highest BCUT2D eigenvalue weighted by Gasteiger charge is 2.33. The Morgan fingerprint density at radius 2 is 1.88 bits per heavy atom. The zero-order valence-electron chi connectivity index (χ0n) is 17.4. The average molecular weight is 458 g/mol. The number of likely N-dealkylation sites (tertiary alicyclic amines) is 1. The highest BCUT2D eigenvalue weighted by Crippen LogP contribution is 2.43. The predicted octanol–water partition coefficient (Wildman–Crippen LogP) is 5.94. The van der Waals surface area contributed by atoms with E-state index >= 15 is 0 Å². The molecule has 166 valence electrons. The number of amides is 1. The van der Waals surface area contributed by atoms with E-state index in [9.17, 15) is 18.0 Å². The number of rotatable bonds is 5. The first-order valence-electron chi connectivity index (χ1n) is 10.3. The molecule has 1 aliphatic heterocycles. The van der Waals surface area contributed by atoms with Gasteiger partial charge in [-0.05, 0) is 54.7 Å². The molecule has 1 fully saturated rings. The van der Waals surface area contributed by atoms with Crippen LogP contribution in [-0.2, 0) is 4.79 Å². The molecule has 3 aromatic rings. The Balaban J connectivity index is 1.82. The van der Waals surface area contributed by atoms with E-state index in [1.54, 1.807) is 30.2 Å². The molecule has 2 aromatic carbocycles. The van der Waals surface area contributed by atoms with Gasteiger partial charge < -0.3 is 15.2 Å². The first-order chi connectivity index (χ1) is 15.4. The van der Waals surface area contributed by atoms with E-state index < -0.39 is 11.6 Å². The van der Waals surface area contributed by atoms with Crippen LogP contribution in [0.1, 0.15) is 34.9 Å². The summed E-state index contributed by atoms with van der Waals surface area (Å²) in [5, 5.41) is 3.03. The highest BCUT2D eigenvalue weighted by molar-refractivity contribution is 7.71. The van der Waals surface area contributed by atoms with Gasteiger partial charge in [0.25, 0.3) is 0 Å². The summed E-state index contributed by atoms with van der Waals surface area (Å²) in [6.07, 6.45) is 3.24. The number of aromatic nitrogens is 1. The number of pyridine rings is 1. The predicted molar refractivity (Wildman–Crippen MR) is 120 cm³/mol. The second kappa shape index (κ2) is 9.16. The van der Waals surface area contributed by atoms with Crippen molar-refractivity contribution in [2.24, 2.45) is 0 Å². The number of anilines is 2. The van der Waals surface area contributed by atoms with Gasteiger partial charge in [0.05, 0.1) is 5.69 Å². The summed E-state index contributed by atoms with van der Waals surface area (Å²) in [5.41, 5.74) is 2.99. The second-order valence-corrected chi connectivity index (χ2v) is 8.36. The van der Waals surface area contributed by atoms with Crippen molar-refractivity contribution in [2.45, 2.75) is 25.2 Å². The van der Waals surface area contributed by atoms with Crippen LogP contribution in [0, 0.1) is 29.0 Å². The Kier molecular flexibility index (Phi) is 6.32. The Morgan fingerprint density at radius 1 is 1.12 bits per heavy atom. The maximum atomic E-state index is 14.4. The van der Waals surface area contributed by atoms with Crippen LogP contribution >= 0.6 is 12.2 Å².